The van der Waals surface area contributed by atoms with Crippen molar-refractivity contribution in [3.05, 3.63) is 12.4 Å². The van der Waals surface area contributed by atoms with Crippen LogP contribution >= 0.6 is 0 Å². The molecule has 22 heavy (non-hydrogen) atoms. The lowest BCUT2D eigenvalue weighted by molar-refractivity contribution is 0.310. The average molecular weight is 303 g/mol. The van der Waals surface area contributed by atoms with Gasteiger partial charge in [0.15, 0.2) is 0 Å². The van der Waals surface area contributed by atoms with Gasteiger partial charge in [-0.15, -0.1) is 0 Å². The smallest absolute Gasteiger partial charge is 0.225 e. The molecule has 1 saturated carbocycles. The molecule has 122 valence electrons. The van der Waals surface area contributed by atoms with Crippen LogP contribution in [0.2, 0.25) is 0 Å². The van der Waals surface area contributed by atoms with Crippen LogP contribution in [-0.2, 0) is 0 Å². The van der Waals surface area contributed by atoms with Crippen LogP contribution in [0.5, 0.6) is 0 Å². The second kappa shape index (κ2) is 6.82. The Bertz CT molecular complexity index is 464. The second-order valence-electron chi connectivity index (χ2n) is 7.25. The van der Waals surface area contributed by atoms with Crippen molar-refractivity contribution in [2.45, 2.75) is 58.0 Å². The van der Waals surface area contributed by atoms with Gasteiger partial charge in [0.25, 0.3) is 0 Å². The Morgan fingerprint density at radius 2 is 1.82 bits per heavy atom. The minimum Gasteiger partial charge on any atom is -0.380 e. The van der Waals surface area contributed by atoms with Crippen LogP contribution in [0, 0.1) is 11.8 Å². The fourth-order valence-electron chi connectivity index (χ4n) is 3.71. The molecular formula is C17H29N5. The Labute approximate surface area is 133 Å². The van der Waals surface area contributed by atoms with Gasteiger partial charge in [0.2, 0.25) is 5.95 Å². The highest BCUT2D eigenvalue weighted by atomic mass is 15.3. The minimum absolute atomic E-state index is 0.347. The lowest BCUT2D eigenvalue weighted by Crippen LogP contribution is -2.36. The van der Waals surface area contributed by atoms with Gasteiger partial charge in [-0.05, 0) is 43.9 Å². The molecule has 5 heteroatoms. The molecule has 0 aromatic carbocycles. The Morgan fingerprint density at radius 1 is 1.14 bits per heavy atom. The zero-order chi connectivity index (χ0) is 15.5. The van der Waals surface area contributed by atoms with Crippen molar-refractivity contribution < 1.29 is 0 Å². The summed E-state index contributed by atoms with van der Waals surface area (Å²) in [6, 6.07) is 0.825. The summed E-state index contributed by atoms with van der Waals surface area (Å²) in [5.41, 5.74) is 6.97. The molecule has 1 aromatic heterocycles. The standard InChI is InChI=1S/C17H29N5/c1-12(2)13-5-7-22(8-6-13)17-19-10-16(11-20-17)21-15-4-3-14(18)9-15/h10-15,21H,3-9,18H2,1-2H3. The van der Waals surface area contributed by atoms with Crippen LogP contribution < -0.4 is 16.0 Å². The van der Waals surface area contributed by atoms with Gasteiger partial charge in [0.1, 0.15) is 0 Å². The van der Waals surface area contributed by atoms with Crippen molar-refractivity contribution in [3.63, 3.8) is 0 Å². The van der Waals surface area contributed by atoms with Crippen LogP contribution in [0.1, 0.15) is 46.0 Å². The zero-order valence-electron chi connectivity index (χ0n) is 13.8. The molecule has 3 rings (SSSR count). The maximum absolute atomic E-state index is 5.95. The van der Waals surface area contributed by atoms with E-state index in [4.69, 9.17) is 5.73 Å². The summed E-state index contributed by atoms with van der Waals surface area (Å²) < 4.78 is 0. The molecule has 2 fully saturated rings. The third-order valence-corrected chi connectivity index (χ3v) is 5.25. The summed E-state index contributed by atoms with van der Waals surface area (Å²) in [7, 11) is 0. The maximum atomic E-state index is 5.95. The van der Waals surface area contributed by atoms with Crippen LogP contribution in [0.15, 0.2) is 12.4 Å². The Balaban J connectivity index is 1.53. The number of anilines is 2. The Hall–Kier alpha value is -1.36. The van der Waals surface area contributed by atoms with E-state index in [2.05, 4.69) is 34.0 Å². The molecule has 2 heterocycles. The monoisotopic (exact) mass is 303 g/mol. The summed E-state index contributed by atoms with van der Waals surface area (Å²) in [6.07, 6.45) is 9.64. The largest absolute Gasteiger partial charge is 0.380 e. The first-order valence-electron chi connectivity index (χ1n) is 8.71. The summed E-state index contributed by atoms with van der Waals surface area (Å²) in [5.74, 6) is 2.51. The average Bonchev–Trinajstić information content (AvgIpc) is 2.93. The molecular weight excluding hydrogens is 274 g/mol. The first kappa shape index (κ1) is 15.5. The second-order valence-corrected chi connectivity index (χ2v) is 7.25. The molecule has 0 bridgehead atoms. The van der Waals surface area contributed by atoms with Crippen LogP contribution in [0.4, 0.5) is 11.6 Å². The summed E-state index contributed by atoms with van der Waals surface area (Å²) in [4.78, 5) is 11.4. The first-order valence-corrected chi connectivity index (χ1v) is 8.71. The predicted octanol–water partition coefficient (Wildman–Crippen LogP) is 2.64. The molecule has 0 radical (unpaired) electrons. The van der Waals surface area contributed by atoms with E-state index in [0.717, 1.165) is 55.8 Å². The van der Waals surface area contributed by atoms with E-state index in [0.29, 0.717) is 12.1 Å². The predicted molar refractivity (Wildman–Crippen MR) is 91.0 cm³/mol. The van der Waals surface area contributed by atoms with Gasteiger partial charge in [-0.3, -0.25) is 0 Å². The number of hydrogen-bond donors (Lipinski definition) is 2. The van der Waals surface area contributed by atoms with Gasteiger partial charge in [0, 0.05) is 25.2 Å². The minimum atomic E-state index is 0.347. The fraction of sp³-hybridized carbons (Fsp3) is 0.765. The van der Waals surface area contributed by atoms with Gasteiger partial charge >= 0.3 is 0 Å². The van der Waals surface area contributed by atoms with Crippen molar-refractivity contribution >= 4 is 11.6 Å². The van der Waals surface area contributed by atoms with E-state index < -0.39 is 0 Å². The molecule has 1 saturated heterocycles. The molecule has 1 aliphatic carbocycles. The van der Waals surface area contributed by atoms with Gasteiger partial charge in [-0.1, -0.05) is 13.8 Å². The van der Waals surface area contributed by atoms with Crippen molar-refractivity contribution in [1.29, 1.82) is 0 Å². The van der Waals surface area contributed by atoms with E-state index in [1.54, 1.807) is 0 Å². The molecule has 2 aliphatic rings. The van der Waals surface area contributed by atoms with Crippen LogP contribution in [0.3, 0.4) is 0 Å². The molecule has 3 N–H and O–H groups in total. The molecule has 2 atom stereocenters. The molecule has 1 aromatic rings. The first-order chi connectivity index (χ1) is 10.6. The van der Waals surface area contributed by atoms with E-state index in [-0.39, 0.29) is 0 Å². The Morgan fingerprint density at radius 3 is 2.36 bits per heavy atom. The number of aromatic nitrogens is 2. The van der Waals surface area contributed by atoms with Crippen LogP contribution in [0.25, 0.3) is 0 Å². The number of nitrogens with zero attached hydrogens (tertiary/aromatic N) is 3. The van der Waals surface area contributed by atoms with Gasteiger partial charge < -0.3 is 16.0 Å². The van der Waals surface area contributed by atoms with Crippen molar-refractivity contribution in [1.82, 2.24) is 9.97 Å². The maximum Gasteiger partial charge on any atom is 0.225 e. The normalized spacial score (nSPS) is 26.6. The number of rotatable bonds is 4. The van der Waals surface area contributed by atoms with Crippen molar-refractivity contribution in [2.24, 2.45) is 17.6 Å². The molecule has 5 nitrogen and oxygen atoms in total. The van der Waals surface area contributed by atoms with Crippen molar-refractivity contribution in [2.75, 3.05) is 23.3 Å². The summed E-state index contributed by atoms with van der Waals surface area (Å²) >= 11 is 0. The summed E-state index contributed by atoms with van der Waals surface area (Å²) in [5, 5.41) is 3.50. The zero-order valence-corrected chi connectivity index (χ0v) is 13.8. The Kier molecular flexibility index (Phi) is 4.81. The van der Waals surface area contributed by atoms with E-state index in [1.165, 1.54) is 12.8 Å². The lowest BCUT2D eigenvalue weighted by atomic mass is 9.87. The molecule has 0 spiro atoms. The highest BCUT2D eigenvalue weighted by Gasteiger charge is 2.24. The number of piperidine rings is 1. The number of nitrogens with one attached hydrogen (secondary N) is 1. The number of hydrogen-bond acceptors (Lipinski definition) is 5. The van der Waals surface area contributed by atoms with Crippen LogP contribution in [-0.4, -0.2) is 35.1 Å². The highest BCUT2D eigenvalue weighted by molar-refractivity contribution is 5.43. The van der Waals surface area contributed by atoms with E-state index >= 15 is 0 Å². The molecule has 1 aliphatic heterocycles. The van der Waals surface area contributed by atoms with E-state index in [1.807, 2.05) is 12.4 Å². The van der Waals surface area contributed by atoms with E-state index in [9.17, 15) is 0 Å². The van der Waals surface area contributed by atoms with Gasteiger partial charge in [0.05, 0.1) is 18.1 Å². The molecule has 0 amide bonds. The van der Waals surface area contributed by atoms with Gasteiger partial charge in [-0.25, -0.2) is 9.97 Å². The SMILES string of the molecule is CC(C)C1CCN(c2ncc(NC3CCC(N)C3)cn2)CC1. The van der Waals surface area contributed by atoms with Crippen molar-refractivity contribution in [3.8, 4) is 0 Å². The summed E-state index contributed by atoms with van der Waals surface area (Å²) in [6.45, 7) is 6.80. The molecule has 2 unspecified atom stereocenters. The quantitative estimate of drug-likeness (QED) is 0.895. The van der Waals surface area contributed by atoms with Gasteiger partial charge in [-0.2, -0.15) is 0 Å². The lowest BCUT2D eigenvalue weighted by Gasteiger charge is -2.33. The third kappa shape index (κ3) is 3.69. The highest BCUT2D eigenvalue weighted by Crippen LogP contribution is 2.26. The number of nitrogens with two attached hydrogens (primary N) is 1. The third-order valence-electron chi connectivity index (χ3n) is 5.25. The fourth-order valence-corrected chi connectivity index (χ4v) is 3.71. The topological polar surface area (TPSA) is 67.1 Å².